The van der Waals surface area contributed by atoms with Gasteiger partial charge in [0, 0.05) is 6.04 Å². The zero-order valence-electron chi connectivity index (χ0n) is 12.5. The minimum Gasteiger partial charge on any atom is -0.314 e. The first-order valence-electron chi connectivity index (χ1n) is 7.78. The molecule has 1 fully saturated rings. The molecule has 1 aromatic carbocycles. The number of hydrogen-bond acceptors (Lipinski definition) is 1. The fourth-order valence-electron chi connectivity index (χ4n) is 3.31. The molecule has 0 aromatic heterocycles. The molecule has 1 aliphatic carbocycles. The molecule has 0 heterocycles. The van der Waals surface area contributed by atoms with Crippen LogP contribution in [-0.2, 0) is 6.42 Å². The van der Waals surface area contributed by atoms with Gasteiger partial charge in [0.1, 0.15) is 5.82 Å². The molecule has 0 radical (unpaired) electrons. The van der Waals surface area contributed by atoms with Crippen LogP contribution in [0.15, 0.2) is 18.2 Å². The number of hydrogen-bond donors (Lipinski definition) is 1. The first-order valence-corrected chi connectivity index (χ1v) is 8.15. The predicted octanol–water partition coefficient (Wildman–Crippen LogP) is 4.83. The van der Waals surface area contributed by atoms with Crippen LogP contribution in [0, 0.1) is 17.7 Å². The molecule has 3 atom stereocenters. The van der Waals surface area contributed by atoms with Gasteiger partial charge < -0.3 is 5.32 Å². The molecule has 0 spiro atoms. The van der Waals surface area contributed by atoms with Crippen LogP contribution < -0.4 is 5.32 Å². The third-order valence-corrected chi connectivity index (χ3v) is 4.71. The first-order chi connectivity index (χ1) is 9.61. The Balaban J connectivity index is 2.08. The van der Waals surface area contributed by atoms with E-state index in [1.165, 1.54) is 19.3 Å². The minimum atomic E-state index is -0.235. The highest BCUT2D eigenvalue weighted by Crippen LogP contribution is 2.32. The lowest BCUT2D eigenvalue weighted by molar-refractivity contribution is 0.211. The van der Waals surface area contributed by atoms with Crippen molar-refractivity contribution in [1.82, 2.24) is 5.32 Å². The third kappa shape index (κ3) is 3.95. The summed E-state index contributed by atoms with van der Waals surface area (Å²) in [6.07, 6.45) is 5.58. The van der Waals surface area contributed by atoms with Crippen molar-refractivity contribution in [3.05, 3.63) is 34.6 Å². The Kier molecular flexibility index (Phi) is 5.86. The second-order valence-corrected chi connectivity index (χ2v) is 6.56. The average molecular weight is 298 g/mol. The Hall–Kier alpha value is -0.600. The summed E-state index contributed by atoms with van der Waals surface area (Å²) in [6.45, 7) is 5.54. The van der Waals surface area contributed by atoms with Crippen molar-refractivity contribution in [2.45, 2.75) is 52.0 Å². The van der Waals surface area contributed by atoms with Gasteiger partial charge in [-0.15, -0.1) is 0 Å². The van der Waals surface area contributed by atoms with Crippen LogP contribution in [0.3, 0.4) is 0 Å². The topological polar surface area (TPSA) is 12.0 Å². The summed E-state index contributed by atoms with van der Waals surface area (Å²) in [6, 6.07) is 5.86. The first kappa shape index (κ1) is 15.8. The largest absolute Gasteiger partial charge is 0.314 e. The summed E-state index contributed by atoms with van der Waals surface area (Å²) >= 11 is 5.89. The van der Waals surface area contributed by atoms with E-state index >= 15 is 0 Å². The Bertz CT molecular complexity index is 433. The predicted molar refractivity (Wildman–Crippen MR) is 83.7 cm³/mol. The van der Waals surface area contributed by atoms with Gasteiger partial charge in [0.2, 0.25) is 0 Å². The van der Waals surface area contributed by atoms with E-state index in [0.29, 0.717) is 12.0 Å². The summed E-state index contributed by atoms with van der Waals surface area (Å²) in [5, 5.41) is 3.88. The molecule has 112 valence electrons. The van der Waals surface area contributed by atoms with Gasteiger partial charge in [-0.2, -0.15) is 0 Å². The molecule has 1 aromatic rings. The molecule has 1 aliphatic rings. The van der Waals surface area contributed by atoms with Crippen LogP contribution in [0.1, 0.15) is 45.1 Å². The summed E-state index contributed by atoms with van der Waals surface area (Å²) in [5.74, 6) is 1.02. The van der Waals surface area contributed by atoms with Crippen molar-refractivity contribution in [3.63, 3.8) is 0 Å². The maximum absolute atomic E-state index is 14.1. The number of halogens is 2. The molecular weight excluding hydrogens is 273 g/mol. The van der Waals surface area contributed by atoms with Crippen LogP contribution in [0.5, 0.6) is 0 Å². The molecule has 1 N–H and O–H groups in total. The molecular formula is C17H25ClFN. The lowest BCUT2D eigenvalue weighted by atomic mass is 9.76. The maximum atomic E-state index is 14.1. The molecule has 20 heavy (non-hydrogen) atoms. The maximum Gasteiger partial charge on any atom is 0.144 e. The van der Waals surface area contributed by atoms with Crippen LogP contribution in [0.25, 0.3) is 0 Å². The van der Waals surface area contributed by atoms with Crippen molar-refractivity contribution < 1.29 is 4.39 Å². The zero-order chi connectivity index (χ0) is 14.5. The van der Waals surface area contributed by atoms with E-state index < -0.39 is 0 Å². The van der Waals surface area contributed by atoms with Crippen molar-refractivity contribution >= 4 is 11.6 Å². The molecule has 3 unspecified atom stereocenters. The second kappa shape index (κ2) is 7.42. The van der Waals surface area contributed by atoms with Gasteiger partial charge >= 0.3 is 0 Å². The SMILES string of the molecule is CCCNC1CCC(C)CC1Cc1cccc(Cl)c1F. The van der Waals surface area contributed by atoms with Gasteiger partial charge in [0.05, 0.1) is 5.02 Å². The average Bonchev–Trinajstić information content (AvgIpc) is 2.43. The highest BCUT2D eigenvalue weighted by molar-refractivity contribution is 6.30. The lowest BCUT2D eigenvalue weighted by Crippen LogP contribution is -2.41. The molecule has 3 heteroatoms. The van der Waals surface area contributed by atoms with Crippen molar-refractivity contribution in [2.75, 3.05) is 6.54 Å². The summed E-state index contributed by atoms with van der Waals surface area (Å²) < 4.78 is 14.1. The molecule has 2 rings (SSSR count). The Labute approximate surface area is 126 Å². The Morgan fingerprint density at radius 2 is 2.15 bits per heavy atom. The Morgan fingerprint density at radius 1 is 1.35 bits per heavy atom. The number of benzene rings is 1. The monoisotopic (exact) mass is 297 g/mol. The van der Waals surface area contributed by atoms with Crippen LogP contribution in [0.4, 0.5) is 4.39 Å². The van der Waals surface area contributed by atoms with Crippen LogP contribution in [0.2, 0.25) is 5.02 Å². The Morgan fingerprint density at radius 3 is 2.90 bits per heavy atom. The van der Waals surface area contributed by atoms with Gasteiger partial charge in [-0.1, -0.05) is 37.6 Å². The quantitative estimate of drug-likeness (QED) is 0.821. The van der Waals surface area contributed by atoms with Crippen LogP contribution >= 0.6 is 11.6 Å². The van der Waals surface area contributed by atoms with E-state index in [1.54, 1.807) is 6.07 Å². The van der Waals surface area contributed by atoms with E-state index in [9.17, 15) is 4.39 Å². The summed E-state index contributed by atoms with van der Waals surface area (Å²) in [4.78, 5) is 0. The second-order valence-electron chi connectivity index (χ2n) is 6.16. The molecule has 1 saturated carbocycles. The fourth-order valence-corrected chi connectivity index (χ4v) is 3.51. The van der Waals surface area contributed by atoms with E-state index in [1.807, 2.05) is 12.1 Å². The van der Waals surface area contributed by atoms with Crippen molar-refractivity contribution in [3.8, 4) is 0 Å². The van der Waals surface area contributed by atoms with Crippen molar-refractivity contribution in [1.29, 1.82) is 0 Å². The highest BCUT2D eigenvalue weighted by atomic mass is 35.5. The number of rotatable bonds is 5. The summed E-state index contributed by atoms with van der Waals surface area (Å²) in [7, 11) is 0. The lowest BCUT2D eigenvalue weighted by Gasteiger charge is -2.36. The van der Waals surface area contributed by atoms with Gasteiger partial charge in [0.25, 0.3) is 0 Å². The van der Waals surface area contributed by atoms with E-state index in [2.05, 4.69) is 19.2 Å². The standard InChI is InChI=1S/C17H25ClFN/c1-3-9-20-16-8-7-12(2)10-14(16)11-13-5-4-6-15(18)17(13)19/h4-6,12,14,16,20H,3,7-11H2,1-2H3. The number of nitrogens with one attached hydrogen (secondary N) is 1. The molecule has 0 saturated heterocycles. The normalized spacial score (nSPS) is 26.7. The summed E-state index contributed by atoms with van der Waals surface area (Å²) in [5.41, 5.74) is 0.764. The fraction of sp³-hybridized carbons (Fsp3) is 0.647. The van der Waals surface area contributed by atoms with Crippen molar-refractivity contribution in [2.24, 2.45) is 11.8 Å². The van der Waals surface area contributed by atoms with E-state index in [0.717, 1.165) is 30.9 Å². The highest BCUT2D eigenvalue weighted by Gasteiger charge is 2.29. The van der Waals surface area contributed by atoms with Crippen LogP contribution in [-0.4, -0.2) is 12.6 Å². The van der Waals surface area contributed by atoms with Gasteiger partial charge in [0.15, 0.2) is 0 Å². The van der Waals surface area contributed by atoms with E-state index in [-0.39, 0.29) is 10.8 Å². The third-order valence-electron chi connectivity index (χ3n) is 4.41. The minimum absolute atomic E-state index is 0.235. The van der Waals surface area contributed by atoms with Gasteiger partial charge in [-0.25, -0.2) is 4.39 Å². The van der Waals surface area contributed by atoms with Gasteiger partial charge in [-0.3, -0.25) is 0 Å². The molecule has 0 aliphatic heterocycles. The zero-order valence-corrected chi connectivity index (χ0v) is 13.2. The molecule has 0 bridgehead atoms. The van der Waals surface area contributed by atoms with Gasteiger partial charge in [-0.05, 0) is 62.1 Å². The van der Waals surface area contributed by atoms with E-state index in [4.69, 9.17) is 11.6 Å². The molecule has 1 nitrogen and oxygen atoms in total. The smallest absolute Gasteiger partial charge is 0.144 e. The molecule has 0 amide bonds.